The predicted octanol–water partition coefficient (Wildman–Crippen LogP) is 7.00. The zero-order valence-electron chi connectivity index (χ0n) is 12.3. The van der Waals surface area contributed by atoms with E-state index in [2.05, 4.69) is 0 Å². The Hall–Kier alpha value is -1.18. The summed E-state index contributed by atoms with van der Waals surface area (Å²) in [5.74, 6) is 0. The second-order valence-electron chi connectivity index (χ2n) is 6.18. The van der Waals surface area contributed by atoms with Crippen molar-refractivity contribution in [2.75, 3.05) is 0 Å². The standard InChI is InChI=1S/C20H10Cl4/c21-19(22)15-7-3-1-5-11(15)13-9-18-14(10-17(13)19)12-6-2-4-8-16(12)20(18,23)24/h1-10H. The lowest BCUT2D eigenvalue weighted by Gasteiger charge is -2.18. The summed E-state index contributed by atoms with van der Waals surface area (Å²) in [5.41, 5.74) is 7.60. The fourth-order valence-electron chi connectivity index (χ4n) is 3.84. The number of halogens is 4. The molecule has 24 heavy (non-hydrogen) atoms. The first kappa shape index (κ1) is 15.1. The molecule has 0 nitrogen and oxygen atoms in total. The second-order valence-corrected chi connectivity index (χ2v) is 8.84. The first-order valence-corrected chi connectivity index (χ1v) is 9.08. The Morgan fingerprint density at radius 3 is 1.25 bits per heavy atom. The van der Waals surface area contributed by atoms with E-state index in [1.807, 2.05) is 60.7 Å². The average molecular weight is 392 g/mol. The lowest BCUT2D eigenvalue weighted by Crippen LogP contribution is -2.09. The second kappa shape index (κ2) is 4.71. The molecule has 0 bridgehead atoms. The first-order chi connectivity index (χ1) is 11.4. The Morgan fingerprint density at radius 1 is 0.458 bits per heavy atom. The van der Waals surface area contributed by atoms with Gasteiger partial charge in [0.1, 0.15) is 0 Å². The molecule has 3 aromatic carbocycles. The summed E-state index contributed by atoms with van der Waals surface area (Å²) in [6.07, 6.45) is 0. The van der Waals surface area contributed by atoms with Gasteiger partial charge in [-0.05, 0) is 34.4 Å². The van der Waals surface area contributed by atoms with Crippen molar-refractivity contribution in [3.05, 3.63) is 82.9 Å². The van der Waals surface area contributed by atoms with Crippen LogP contribution >= 0.6 is 46.4 Å². The quantitative estimate of drug-likeness (QED) is 0.361. The van der Waals surface area contributed by atoms with Crippen molar-refractivity contribution in [2.24, 2.45) is 0 Å². The Balaban J connectivity index is 1.88. The molecule has 0 saturated carbocycles. The van der Waals surface area contributed by atoms with Crippen LogP contribution in [0.3, 0.4) is 0 Å². The molecule has 5 rings (SSSR count). The molecular weight excluding hydrogens is 382 g/mol. The van der Waals surface area contributed by atoms with Crippen molar-refractivity contribution in [1.82, 2.24) is 0 Å². The predicted molar refractivity (Wildman–Crippen MR) is 102 cm³/mol. The Morgan fingerprint density at radius 2 is 0.833 bits per heavy atom. The van der Waals surface area contributed by atoms with Gasteiger partial charge in [0.05, 0.1) is 0 Å². The molecule has 118 valence electrons. The fourth-order valence-corrected chi connectivity index (χ4v) is 5.12. The van der Waals surface area contributed by atoms with Gasteiger partial charge in [-0.15, -0.1) is 0 Å². The van der Waals surface area contributed by atoms with Crippen LogP contribution in [0, 0.1) is 0 Å². The van der Waals surface area contributed by atoms with Crippen molar-refractivity contribution < 1.29 is 0 Å². The highest BCUT2D eigenvalue weighted by molar-refractivity contribution is 6.53. The van der Waals surface area contributed by atoms with Crippen LogP contribution < -0.4 is 0 Å². The van der Waals surface area contributed by atoms with Crippen molar-refractivity contribution in [1.29, 1.82) is 0 Å². The van der Waals surface area contributed by atoms with Gasteiger partial charge in [0.15, 0.2) is 8.67 Å². The topological polar surface area (TPSA) is 0 Å². The maximum atomic E-state index is 6.73. The van der Waals surface area contributed by atoms with E-state index in [-0.39, 0.29) is 0 Å². The molecule has 0 unspecified atom stereocenters. The van der Waals surface area contributed by atoms with Crippen LogP contribution in [-0.4, -0.2) is 0 Å². The zero-order valence-corrected chi connectivity index (χ0v) is 15.3. The molecule has 4 heteroatoms. The maximum absolute atomic E-state index is 6.73. The normalized spacial score (nSPS) is 17.8. The molecule has 0 amide bonds. The van der Waals surface area contributed by atoms with Gasteiger partial charge >= 0.3 is 0 Å². The highest BCUT2D eigenvalue weighted by Gasteiger charge is 2.45. The minimum Gasteiger partial charge on any atom is -0.0909 e. The molecule has 0 aliphatic heterocycles. The van der Waals surface area contributed by atoms with Crippen LogP contribution in [0.4, 0.5) is 0 Å². The molecule has 3 aromatic rings. The van der Waals surface area contributed by atoms with E-state index in [4.69, 9.17) is 46.4 Å². The van der Waals surface area contributed by atoms with E-state index in [1.165, 1.54) is 0 Å². The van der Waals surface area contributed by atoms with Gasteiger partial charge in [-0.1, -0.05) is 94.9 Å². The van der Waals surface area contributed by atoms with Crippen molar-refractivity contribution in [2.45, 2.75) is 8.67 Å². The third-order valence-electron chi connectivity index (χ3n) is 4.95. The van der Waals surface area contributed by atoms with Crippen molar-refractivity contribution >= 4 is 46.4 Å². The van der Waals surface area contributed by atoms with Gasteiger partial charge in [0.25, 0.3) is 0 Å². The molecule has 0 fully saturated rings. The van der Waals surface area contributed by atoms with Crippen LogP contribution in [0.2, 0.25) is 0 Å². The van der Waals surface area contributed by atoms with E-state index in [0.717, 1.165) is 44.5 Å². The number of rotatable bonds is 0. The van der Waals surface area contributed by atoms with Crippen molar-refractivity contribution in [3.8, 4) is 22.3 Å². The van der Waals surface area contributed by atoms with Crippen molar-refractivity contribution in [3.63, 3.8) is 0 Å². The van der Waals surface area contributed by atoms with E-state index in [0.29, 0.717) is 0 Å². The Labute approximate surface area is 159 Å². The summed E-state index contributed by atoms with van der Waals surface area (Å²) < 4.78 is -2.14. The SMILES string of the molecule is ClC1(Cl)c2ccccc2-c2cc3c(cc21)-c1ccccc1C3(Cl)Cl. The van der Waals surface area contributed by atoms with Crippen LogP contribution in [-0.2, 0) is 8.67 Å². The molecule has 0 N–H and O–H groups in total. The molecule has 0 saturated heterocycles. The smallest absolute Gasteiger partial charge is 0.0909 e. The Bertz CT molecular complexity index is 935. The fraction of sp³-hybridized carbons (Fsp3) is 0.100. The molecule has 0 aromatic heterocycles. The van der Waals surface area contributed by atoms with E-state index < -0.39 is 8.67 Å². The molecule has 0 spiro atoms. The number of benzene rings is 3. The maximum Gasteiger partial charge on any atom is 0.169 e. The van der Waals surface area contributed by atoms with Gasteiger partial charge in [-0.25, -0.2) is 0 Å². The summed E-state index contributed by atoms with van der Waals surface area (Å²) >= 11 is 26.9. The van der Waals surface area contributed by atoms with Gasteiger partial charge in [-0.2, -0.15) is 0 Å². The highest BCUT2D eigenvalue weighted by Crippen LogP contribution is 2.60. The van der Waals surface area contributed by atoms with Gasteiger partial charge in [-0.3, -0.25) is 0 Å². The zero-order chi connectivity index (χ0) is 16.7. The number of hydrogen-bond acceptors (Lipinski definition) is 0. The van der Waals surface area contributed by atoms with Crippen LogP contribution in [0.1, 0.15) is 22.3 Å². The number of fused-ring (bicyclic) bond motifs is 6. The lowest BCUT2D eigenvalue weighted by atomic mass is 9.98. The van der Waals surface area contributed by atoms with Crippen LogP contribution in [0.5, 0.6) is 0 Å². The summed E-state index contributed by atoms with van der Waals surface area (Å²) in [6.45, 7) is 0. The molecule has 0 atom stereocenters. The minimum atomic E-state index is -1.07. The van der Waals surface area contributed by atoms with Gasteiger partial charge in [0, 0.05) is 22.3 Å². The third-order valence-corrected chi connectivity index (χ3v) is 6.57. The lowest BCUT2D eigenvalue weighted by molar-refractivity contribution is 1.07. The first-order valence-electron chi connectivity index (χ1n) is 7.57. The Kier molecular flexibility index (Phi) is 2.96. The van der Waals surface area contributed by atoms with Crippen LogP contribution in [0.15, 0.2) is 60.7 Å². The minimum absolute atomic E-state index is 0.881. The molecule has 0 radical (unpaired) electrons. The van der Waals surface area contributed by atoms with Gasteiger partial charge in [0.2, 0.25) is 0 Å². The van der Waals surface area contributed by atoms with Gasteiger partial charge < -0.3 is 0 Å². The largest absolute Gasteiger partial charge is 0.169 e. The van der Waals surface area contributed by atoms with E-state index >= 15 is 0 Å². The molecule has 2 aliphatic rings. The molecular formula is C20H10Cl4. The van der Waals surface area contributed by atoms with E-state index in [9.17, 15) is 0 Å². The monoisotopic (exact) mass is 390 g/mol. The average Bonchev–Trinajstić information content (AvgIpc) is 2.95. The summed E-state index contributed by atoms with van der Waals surface area (Å²) in [7, 11) is 0. The summed E-state index contributed by atoms with van der Waals surface area (Å²) in [6, 6.07) is 19.9. The highest BCUT2D eigenvalue weighted by atomic mass is 35.5. The third kappa shape index (κ3) is 1.73. The summed E-state index contributed by atoms with van der Waals surface area (Å²) in [4.78, 5) is 0. The summed E-state index contributed by atoms with van der Waals surface area (Å²) in [5, 5.41) is 0. The number of hydrogen-bond donors (Lipinski definition) is 0. The number of alkyl halides is 4. The van der Waals surface area contributed by atoms with Crippen LogP contribution in [0.25, 0.3) is 22.3 Å². The van der Waals surface area contributed by atoms with E-state index in [1.54, 1.807) is 0 Å². The molecule has 0 heterocycles. The molecule has 2 aliphatic carbocycles.